The zero-order chi connectivity index (χ0) is 25.5. The van der Waals surface area contributed by atoms with Crippen LogP contribution in [0.3, 0.4) is 0 Å². The lowest BCUT2D eigenvalue weighted by atomic mass is 10.0. The number of amides is 1. The molecule has 4 aromatic rings. The minimum Gasteiger partial charge on any atom is -0.476 e. The Labute approximate surface area is 199 Å². The van der Waals surface area contributed by atoms with Crippen molar-refractivity contribution in [3.05, 3.63) is 65.9 Å². The van der Waals surface area contributed by atoms with E-state index in [1.165, 1.54) is 56.7 Å². The second kappa shape index (κ2) is 8.80. The van der Waals surface area contributed by atoms with Gasteiger partial charge in [-0.3, -0.25) is 14.1 Å². The number of anilines is 1. The van der Waals surface area contributed by atoms with Crippen LogP contribution in [0.25, 0.3) is 33.6 Å². The summed E-state index contributed by atoms with van der Waals surface area (Å²) in [6.07, 6.45) is 3.35. The monoisotopic (exact) mass is 498 g/mol. The predicted molar refractivity (Wildman–Crippen MR) is 126 cm³/mol. The van der Waals surface area contributed by atoms with E-state index in [0.29, 0.717) is 10.9 Å². The van der Waals surface area contributed by atoms with Crippen molar-refractivity contribution in [2.75, 3.05) is 24.7 Å². The first-order valence-corrected chi connectivity index (χ1v) is 11.9. The van der Waals surface area contributed by atoms with Crippen LogP contribution in [0.15, 0.2) is 53.2 Å². The molecule has 2 N–H and O–H groups in total. The normalized spacial score (nSPS) is 11.4. The summed E-state index contributed by atoms with van der Waals surface area (Å²) in [5.74, 6) is -2.13. The molecule has 0 spiro atoms. The number of hydrogen-bond donors (Lipinski definition) is 2. The van der Waals surface area contributed by atoms with Gasteiger partial charge in [-0.15, -0.1) is 0 Å². The number of halogens is 1. The van der Waals surface area contributed by atoms with E-state index in [2.05, 4.69) is 15.3 Å². The Kier molecular flexibility index (Phi) is 5.99. The SMILES string of the molecule is CNC(=O)c1c(-c2ccc(F)cc2)oc2cc(N(C)S(C)(=O)=O)c(-c3cncc(C(=O)O)n3)cc12. The number of furan rings is 1. The van der Waals surface area contributed by atoms with Gasteiger partial charge in [-0.1, -0.05) is 0 Å². The van der Waals surface area contributed by atoms with Gasteiger partial charge in [0.15, 0.2) is 5.69 Å². The highest BCUT2D eigenvalue weighted by molar-refractivity contribution is 7.92. The highest BCUT2D eigenvalue weighted by Crippen LogP contribution is 2.40. The highest BCUT2D eigenvalue weighted by Gasteiger charge is 2.26. The maximum atomic E-state index is 13.5. The van der Waals surface area contributed by atoms with Gasteiger partial charge in [-0.05, 0) is 30.3 Å². The molecule has 1 amide bonds. The summed E-state index contributed by atoms with van der Waals surface area (Å²) in [4.78, 5) is 32.3. The van der Waals surface area contributed by atoms with Crippen LogP contribution in [0.2, 0.25) is 0 Å². The molecule has 0 atom stereocenters. The van der Waals surface area contributed by atoms with E-state index < -0.39 is 27.7 Å². The molecule has 0 unspecified atom stereocenters. The van der Waals surface area contributed by atoms with Gasteiger partial charge in [0.1, 0.15) is 17.2 Å². The van der Waals surface area contributed by atoms with Crippen molar-refractivity contribution in [3.8, 4) is 22.6 Å². The van der Waals surface area contributed by atoms with Gasteiger partial charge in [-0.2, -0.15) is 0 Å². The number of carboxylic acid groups (broad SMARTS) is 1. The number of rotatable bonds is 6. The molecule has 2 aromatic carbocycles. The maximum absolute atomic E-state index is 13.5. The Morgan fingerprint density at radius 1 is 1.14 bits per heavy atom. The Bertz CT molecular complexity index is 1580. The third-order valence-corrected chi connectivity index (χ3v) is 6.52. The summed E-state index contributed by atoms with van der Waals surface area (Å²) in [6, 6.07) is 8.25. The van der Waals surface area contributed by atoms with Crippen molar-refractivity contribution in [2.24, 2.45) is 0 Å². The summed E-state index contributed by atoms with van der Waals surface area (Å²) < 4.78 is 45.2. The van der Waals surface area contributed by atoms with Gasteiger partial charge in [0.25, 0.3) is 5.91 Å². The van der Waals surface area contributed by atoms with Gasteiger partial charge in [0, 0.05) is 36.7 Å². The number of sulfonamides is 1. The van der Waals surface area contributed by atoms with Crippen LogP contribution < -0.4 is 9.62 Å². The fraction of sp³-hybridized carbons (Fsp3) is 0.130. The molecule has 0 bridgehead atoms. The summed E-state index contributed by atoms with van der Waals surface area (Å²) in [7, 11) is -1.00. The molecule has 0 saturated heterocycles. The van der Waals surface area contributed by atoms with E-state index in [-0.39, 0.29) is 39.5 Å². The van der Waals surface area contributed by atoms with Crippen molar-refractivity contribution in [1.82, 2.24) is 15.3 Å². The number of aromatic carboxylic acids is 1. The molecule has 0 saturated carbocycles. The number of nitrogens with one attached hydrogen (secondary N) is 1. The first-order chi connectivity index (χ1) is 16.5. The molecular weight excluding hydrogens is 479 g/mol. The lowest BCUT2D eigenvalue weighted by molar-refractivity contribution is 0.0689. The van der Waals surface area contributed by atoms with E-state index >= 15 is 0 Å². The van der Waals surface area contributed by atoms with Gasteiger partial charge in [0.2, 0.25) is 10.0 Å². The van der Waals surface area contributed by atoms with Crippen LogP contribution in [-0.2, 0) is 10.0 Å². The molecule has 2 aromatic heterocycles. The first-order valence-electron chi connectivity index (χ1n) is 10.1. The number of hydrogen-bond acceptors (Lipinski definition) is 7. The molecule has 10 nitrogen and oxygen atoms in total. The molecule has 0 radical (unpaired) electrons. The minimum absolute atomic E-state index is 0.0738. The summed E-state index contributed by atoms with van der Waals surface area (Å²) >= 11 is 0. The van der Waals surface area contributed by atoms with Crippen LogP contribution in [0, 0.1) is 5.82 Å². The van der Waals surface area contributed by atoms with Gasteiger partial charge >= 0.3 is 5.97 Å². The molecule has 0 fully saturated rings. The third-order valence-electron chi connectivity index (χ3n) is 5.33. The van der Waals surface area contributed by atoms with Crippen LogP contribution >= 0.6 is 0 Å². The first kappa shape index (κ1) is 23.8. The summed E-state index contributed by atoms with van der Waals surface area (Å²) in [5.41, 5.74) is 0.794. The fourth-order valence-corrected chi connectivity index (χ4v) is 4.04. The number of benzene rings is 2. The van der Waals surface area contributed by atoms with Crippen LogP contribution in [-0.4, -0.2) is 55.7 Å². The third kappa shape index (κ3) is 4.43. The van der Waals surface area contributed by atoms with E-state index in [1.807, 2.05) is 0 Å². The van der Waals surface area contributed by atoms with Crippen LogP contribution in [0.5, 0.6) is 0 Å². The fourth-order valence-electron chi connectivity index (χ4n) is 3.53. The standard InChI is InChI=1S/C23H19FN4O6S/c1-25-22(29)20-15-8-14(16-10-26-11-17(27-16)23(30)31)18(28(2)35(3,32)33)9-19(15)34-21(20)12-4-6-13(24)7-5-12/h4-11H,1-3H3,(H,25,29)(H,30,31). The van der Waals surface area contributed by atoms with Crippen molar-refractivity contribution < 1.29 is 31.9 Å². The molecule has 0 aliphatic heterocycles. The zero-order valence-corrected chi connectivity index (χ0v) is 19.6. The second-order valence-corrected chi connectivity index (χ2v) is 9.60. The van der Waals surface area contributed by atoms with E-state index in [9.17, 15) is 27.5 Å². The topological polar surface area (TPSA) is 143 Å². The number of fused-ring (bicyclic) bond motifs is 1. The van der Waals surface area contributed by atoms with E-state index in [4.69, 9.17) is 4.42 Å². The smallest absolute Gasteiger partial charge is 0.356 e. The number of carbonyl (C=O) groups is 2. The number of aromatic nitrogens is 2. The van der Waals surface area contributed by atoms with Crippen molar-refractivity contribution in [1.29, 1.82) is 0 Å². The summed E-state index contributed by atoms with van der Waals surface area (Å²) in [6.45, 7) is 0. The van der Waals surface area contributed by atoms with Gasteiger partial charge < -0.3 is 14.8 Å². The Balaban J connectivity index is 2.09. The largest absolute Gasteiger partial charge is 0.476 e. The van der Waals surface area contributed by atoms with E-state index in [0.717, 1.165) is 16.8 Å². The lowest BCUT2D eigenvalue weighted by Crippen LogP contribution is -2.25. The van der Waals surface area contributed by atoms with Crippen molar-refractivity contribution in [2.45, 2.75) is 0 Å². The summed E-state index contributed by atoms with van der Waals surface area (Å²) in [5, 5.41) is 12.2. The number of nitrogens with zero attached hydrogens (tertiary/aromatic N) is 3. The molecule has 4 rings (SSSR count). The molecule has 0 aliphatic carbocycles. The molecule has 12 heteroatoms. The highest BCUT2D eigenvalue weighted by atomic mass is 32.2. The molecular formula is C23H19FN4O6S. The average molecular weight is 498 g/mol. The minimum atomic E-state index is -3.76. The van der Waals surface area contributed by atoms with Crippen molar-refractivity contribution >= 4 is 38.6 Å². The zero-order valence-electron chi connectivity index (χ0n) is 18.7. The van der Waals surface area contributed by atoms with Gasteiger partial charge in [0.05, 0.1) is 35.6 Å². The molecule has 0 aliphatic rings. The Morgan fingerprint density at radius 2 is 1.83 bits per heavy atom. The molecule has 35 heavy (non-hydrogen) atoms. The maximum Gasteiger partial charge on any atom is 0.356 e. The average Bonchev–Trinajstić information content (AvgIpc) is 3.20. The second-order valence-electron chi connectivity index (χ2n) is 7.58. The quantitative estimate of drug-likeness (QED) is 0.413. The Hall–Kier alpha value is -4.32. The van der Waals surface area contributed by atoms with Crippen molar-refractivity contribution in [3.63, 3.8) is 0 Å². The van der Waals surface area contributed by atoms with E-state index in [1.54, 1.807) is 0 Å². The molecule has 180 valence electrons. The number of carbonyl (C=O) groups excluding carboxylic acids is 1. The van der Waals surface area contributed by atoms with Crippen LogP contribution in [0.4, 0.5) is 10.1 Å². The molecule has 2 heterocycles. The van der Waals surface area contributed by atoms with Gasteiger partial charge in [-0.25, -0.2) is 22.6 Å². The van der Waals surface area contributed by atoms with Crippen LogP contribution in [0.1, 0.15) is 20.8 Å². The Morgan fingerprint density at radius 3 is 2.43 bits per heavy atom. The lowest BCUT2D eigenvalue weighted by Gasteiger charge is -2.20. The number of carboxylic acids is 1. The predicted octanol–water partition coefficient (Wildman–Crippen LogP) is 3.15.